The maximum absolute atomic E-state index is 5.55. The molecule has 0 spiro atoms. The summed E-state index contributed by atoms with van der Waals surface area (Å²) in [6.45, 7) is 4.38. The molecule has 0 saturated carbocycles. The van der Waals surface area contributed by atoms with Crippen LogP contribution in [0.5, 0.6) is 0 Å². The van der Waals surface area contributed by atoms with E-state index >= 15 is 0 Å². The molecular formula is C9H15BrN2S. The molecule has 0 radical (unpaired) electrons. The van der Waals surface area contributed by atoms with Crippen molar-refractivity contribution < 1.29 is 0 Å². The molecule has 4 heteroatoms. The molecule has 3 N–H and O–H groups in total. The fourth-order valence-corrected chi connectivity index (χ4v) is 3.07. The first-order valence-electron chi connectivity index (χ1n) is 4.39. The first-order valence-corrected chi connectivity index (χ1v) is 6.07. The molecule has 0 aliphatic carbocycles. The van der Waals surface area contributed by atoms with Crippen molar-refractivity contribution in [3.8, 4) is 0 Å². The zero-order valence-electron chi connectivity index (χ0n) is 7.88. The highest BCUT2D eigenvalue weighted by Gasteiger charge is 2.19. The fourth-order valence-electron chi connectivity index (χ4n) is 1.26. The SMILES string of the molecule is CCC(C)C(NN)c1sccc1Br. The van der Waals surface area contributed by atoms with Crippen LogP contribution in [0, 0.1) is 5.92 Å². The lowest BCUT2D eigenvalue weighted by atomic mass is 9.98. The molecule has 0 saturated heterocycles. The van der Waals surface area contributed by atoms with Gasteiger partial charge in [0.1, 0.15) is 0 Å². The molecule has 0 aliphatic rings. The number of thiophene rings is 1. The highest BCUT2D eigenvalue weighted by atomic mass is 79.9. The van der Waals surface area contributed by atoms with E-state index < -0.39 is 0 Å². The quantitative estimate of drug-likeness (QED) is 0.647. The molecule has 1 aromatic rings. The third-order valence-electron chi connectivity index (χ3n) is 2.32. The standard InChI is InChI=1S/C9H15BrN2S/c1-3-6(2)8(12-11)9-7(10)4-5-13-9/h4-6,8,12H,3,11H2,1-2H3. The van der Waals surface area contributed by atoms with E-state index in [9.17, 15) is 0 Å². The number of rotatable bonds is 4. The number of hydrogen-bond acceptors (Lipinski definition) is 3. The van der Waals surface area contributed by atoms with Gasteiger partial charge in [0.2, 0.25) is 0 Å². The lowest BCUT2D eigenvalue weighted by molar-refractivity contribution is 0.387. The van der Waals surface area contributed by atoms with Crippen molar-refractivity contribution >= 4 is 27.3 Å². The Labute approximate surface area is 91.6 Å². The molecular weight excluding hydrogens is 248 g/mol. The molecule has 0 amide bonds. The second-order valence-corrected chi connectivity index (χ2v) is 4.96. The highest BCUT2D eigenvalue weighted by molar-refractivity contribution is 9.10. The lowest BCUT2D eigenvalue weighted by Crippen LogP contribution is -2.31. The number of hydrogen-bond donors (Lipinski definition) is 2. The summed E-state index contributed by atoms with van der Waals surface area (Å²) in [4.78, 5) is 1.29. The summed E-state index contributed by atoms with van der Waals surface area (Å²) in [5.74, 6) is 6.10. The molecule has 0 aliphatic heterocycles. The van der Waals surface area contributed by atoms with Crippen LogP contribution in [0.1, 0.15) is 31.2 Å². The normalized spacial score (nSPS) is 15.7. The summed E-state index contributed by atoms with van der Waals surface area (Å²) >= 11 is 5.26. The van der Waals surface area contributed by atoms with Gasteiger partial charge in [0, 0.05) is 9.35 Å². The van der Waals surface area contributed by atoms with Crippen molar-refractivity contribution in [2.24, 2.45) is 11.8 Å². The van der Waals surface area contributed by atoms with E-state index in [0.717, 1.165) is 10.9 Å². The van der Waals surface area contributed by atoms with E-state index in [1.165, 1.54) is 4.88 Å². The van der Waals surface area contributed by atoms with Crippen LogP contribution in [-0.4, -0.2) is 0 Å². The van der Waals surface area contributed by atoms with Crippen molar-refractivity contribution in [2.75, 3.05) is 0 Å². The summed E-state index contributed by atoms with van der Waals surface area (Å²) < 4.78 is 1.15. The Morgan fingerprint density at radius 1 is 1.69 bits per heavy atom. The Morgan fingerprint density at radius 3 is 2.77 bits per heavy atom. The van der Waals surface area contributed by atoms with Crippen molar-refractivity contribution in [2.45, 2.75) is 26.3 Å². The monoisotopic (exact) mass is 262 g/mol. The van der Waals surface area contributed by atoms with E-state index in [0.29, 0.717) is 5.92 Å². The first kappa shape index (κ1) is 11.2. The topological polar surface area (TPSA) is 38.0 Å². The third kappa shape index (κ3) is 2.53. The molecule has 74 valence electrons. The Kier molecular flexibility index (Phi) is 4.38. The largest absolute Gasteiger partial charge is 0.271 e. The maximum Gasteiger partial charge on any atom is 0.0590 e. The second-order valence-electron chi connectivity index (χ2n) is 3.16. The van der Waals surface area contributed by atoms with Gasteiger partial charge in [0.15, 0.2) is 0 Å². The molecule has 0 aromatic carbocycles. The summed E-state index contributed by atoms with van der Waals surface area (Å²) in [6.07, 6.45) is 1.12. The van der Waals surface area contributed by atoms with Gasteiger partial charge in [-0.15, -0.1) is 11.3 Å². The van der Waals surface area contributed by atoms with Gasteiger partial charge in [-0.1, -0.05) is 20.3 Å². The molecule has 13 heavy (non-hydrogen) atoms. The van der Waals surface area contributed by atoms with E-state index in [1.54, 1.807) is 11.3 Å². The van der Waals surface area contributed by atoms with Crippen LogP contribution in [0.25, 0.3) is 0 Å². The molecule has 1 heterocycles. The van der Waals surface area contributed by atoms with E-state index in [1.807, 2.05) is 0 Å². The average molecular weight is 263 g/mol. The molecule has 0 fully saturated rings. The third-order valence-corrected chi connectivity index (χ3v) is 4.27. The van der Waals surface area contributed by atoms with Gasteiger partial charge in [0.05, 0.1) is 6.04 Å². The first-order chi connectivity index (χ1) is 6.20. The average Bonchev–Trinajstić information content (AvgIpc) is 2.53. The Morgan fingerprint density at radius 2 is 2.38 bits per heavy atom. The van der Waals surface area contributed by atoms with Gasteiger partial charge in [-0.05, 0) is 33.3 Å². The molecule has 2 unspecified atom stereocenters. The lowest BCUT2D eigenvalue weighted by Gasteiger charge is -2.21. The van der Waals surface area contributed by atoms with Crippen LogP contribution >= 0.6 is 27.3 Å². The predicted octanol–water partition coefficient (Wildman–Crippen LogP) is 3.06. The summed E-state index contributed by atoms with van der Waals surface area (Å²) in [5.41, 5.74) is 2.88. The molecule has 0 bridgehead atoms. The van der Waals surface area contributed by atoms with Gasteiger partial charge >= 0.3 is 0 Å². The molecule has 1 rings (SSSR count). The minimum atomic E-state index is 0.263. The van der Waals surface area contributed by atoms with E-state index in [-0.39, 0.29) is 6.04 Å². The molecule has 2 nitrogen and oxygen atoms in total. The number of halogens is 1. The van der Waals surface area contributed by atoms with Crippen molar-refractivity contribution in [3.63, 3.8) is 0 Å². The molecule has 2 atom stereocenters. The van der Waals surface area contributed by atoms with Crippen LogP contribution in [0.4, 0.5) is 0 Å². The van der Waals surface area contributed by atoms with E-state index in [4.69, 9.17) is 5.84 Å². The Bertz CT molecular complexity index is 262. The minimum absolute atomic E-state index is 0.263. The summed E-state index contributed by atoms with van der Waals surface area (Å²) in [6, 6.07) is 2.33. The van der Waals surface area contributed by atoms with Gasteiger partial charge < -0.3 is 0 Å². The number of hydrazine groups is 1. The zero-order chi connectivity index (χ0) is 9.84. The highest BCUT2D eigenvalue weighted by Crippen LogP contribution is 2.33. The molecule has 1 aromatic heterocycles. The zero-order valence-corrected chi connectivity index (χ0v) is 10.3. The number of nitrogens with two attached hydrogens (primary N) is 1. The van der Waals surface area contributed by atoms with E-state index in [2.05, 4.69) is 46.6 Å². The predicted molar refractivity (Wildman–Crippen MR) is 61.5 cm³/mol. The Hall–Kier alpha value is 0.100. The second kappa shape index (κ2) is 5.10. The Balaban J connectivity index is 2.84. The maximum atomic E-state index is 5.55. The minimum Gasteiger partial charge on any atom is -0.271 e. The van der Waals surface area contributed by atoms with Crippen LogP contribution in [0.15, 0.2) is 15.9 Å². The smallest absolute Gasteiger partial charge is 0.0590 e. The van der Waals surface area contributed by atoms with Gasteiger partial charge in [-0.2, -0.15) is 0 Å². The van der Waals surface area contributed by atoms with Crippen LogP contribution in [-0.2, 0) is 0 Å². The van der Waals surface area contributed by atoms with Crippen LogP contribution in [0.2, 0.25) is 0 Å². The van der Waals surface area contributed by atoms with Crippen molar-refractivity contribution in [1.29, 1.82) is 0 Å². The van der Waals surface area contributed by atoms with Gasteiger partial charge in [-0.25, -0.2) is 0 Å². The number of nitrogens with one attached hydrogen (secondary N) is 1. The van der Waals surface area contributed by atoms with Crippen LogP contribution in [0.3, 0.4) is 0 Å². The van der Waals surface area contributed by atoms with Gasteiger partial charge in [0.25, 0.3) is 0 Å². The van der Waals surface area contributed by atoms with Crippen LogP contribution < -0.4 is 11.3 Å². The fraction of sp³-hybridized carbons (Fsp3) is 0.556. The summed E-state index contributed by atoms with van der Waals surface area (Å²) in [5, 5.41) is 2.08. The van der Waals surface area contributed by atoms with Crippen molar-refractivity contribution in [3.05, 3.63) is 20.8 Å². The van der Waals surface area contributed by atoms with Crippen molar-refractivity contribution in [1.82, 2.24) is 5.43 Å². The summed E-state index contributed by atoms with van der Waals surface area (Å²) in [7, 11) is 0. The van der Waals surface area contributed by atoms with Gasteiger partial charge in [-0.3, -0.25) is 11.3 Å².